The summed E-state index contributed by atoms with van der Waals surface area (Å²) in [7, 11) is 0. The van der Waals surface area contributed by atoms with E-state index in [1.807, 2.05) is 54.6 Å². The minimum absolute atomic E-state index is 0.166. The van der Waals surface area contributed by atoms with Gasteiger partial charge in [0.05, 0.1) is 11.1 Å². The van der Waals surface area contributed by atoms with Crippen LogP contribution in [-0.2, 0) is 4.79 Å². The predicted molar refractivity (Wildman–Crippen MR) is 89.8 cm³/mol. The van der Waals surface area contributed by atoms with Crippen LogP contribution in [0.2, 0.25) is 5.02 Å². The molecule has 0 saturated carbocycles. The van der Waals surface area contributed by atoms with Crippen molar-refractivity contribution in [2.24, 2.45) is 5.73 Å². The maximum Gasteiger partial charge on any atom is 0.241 e. The SMILES string of the molecule is NC(CCSc1ccccc1Cl)C(=O)Nc1ccccc1. The maximum atomic E-state index is 12.0. The van der Waals surface area contributed by atoms with Crippen LogP contribution in [0.5, 0.6) is 0 Å². The van der Waals surface area contributed by atoms with Crippen molar-refractivity contribution in [1.82, 2.24) is 0 Å². The molecule has 0 aliphatic carbocycles. The molecule has 0 saturated heterocycles. The molecule has 0 fully saturated rings. The van der Waals surface area contributed by atoms with Gasteiger partial charge in [0.25, 0.3) is 0 Å². The molecule has 110 valence electrons. The highest BCUT2D eigenvalue weighted by Crippen LogP contribution is 2.27. The van der Waals surface area contributed by atoms with Crippen LogP contribution < -0.4 is 11.1 Å². The van der Waals surface area contributed by atoms with Crippen LogP contribution in [0.25, 0.3) is 0 Å². The summed E-state index contributed by atoms with van der Waals surface area (Å²) in [4.78, 5) is 13.0. The molecule has 1 atom stereocenters. The number of rotatable bonds is 6. The van der Waals surface area contributed by atoms with Gasteiger partial charge in [-0.05, 0) is 30.7 Å². The van der Waals surface area contributed by atoms with Crippen molar-refractivity contribution in [1.29, 1.82) is 0 Å². The Balaban J connectivity index is 1.78. The lowest BCUT2D eigenvalue weighted by Gasteiger charge is -2.12. The van der Waals surface area contributed by atoms with Gasteiger partial charge in [-0.25, -0.2) is 0 Å². The Bertz CT molecular complexity index is 592. The molecule has 0 aliphatic heterocycles. The van der Waals surface area contributed by atoms with Crippen molar-refractivity contribution in [2.45, 2.75) is 17.4 Å². The van der Waals surface area contributed by atoms with E-state index >= 15 is 0 Å². The van der Waals surface area contributed by atoms with E-state index in [1.165, 1.54) is 0 Å². The molecular formula is C16H17ClN2OS. The van der Waals surface area contributed by atoms with Gasteiger partial charge in [0.1, 0.15) is 0 Å². The molecule has 2 aromatic carbocycles. The summed E-state index contributed by atoms with van der Waals surface area (Å²) in [5.41, 5.74) is 6.67. The van der Waals surface area contributed by atoms with Crippen LogP contribution in [0, 0.1) is 0 Å². The van der Waals surface area contributed by atoms with Crippen molar-refractivity contribution < 1.29 is 4.79 Å². The van der Waals surface area contributed by atoms with E-state index in [2.05, 4.69) is 5.32 Å². The fourth-order valence-corrected chi connectivity index (χ4v) is 3.02. The average molecular weight is 321 g/mol. The number of carbonyl (C=O) groups is 1. The molecule has 3 N–H and O–H groups in total. The number of carbonyl (C=O) groups excluding carboxylic acids is 1. The van der Waals surface area contributed by atoms with E-state index in [0.717, 1.165) is 21.4 Å². The zero-order valence-corrected chi connectivity index (χ0v) is 13.0. The second-order valence-corrected chi connectivity index (χ2v) is 6.07. The highest BCUT2D eigenvalue weighted by atomic mass is 35.5. The standard InChI is InChI=1S/C16H17ClN2OS/c17-13-8-4-5-9-15(13)21-11-10-14(18)16(20)19-12-6-2-1-3-7-12/h1-9,14H,10-11,18H2,(H,19,20). The third kappa shape index (κ3) is 5.08. The second kappa shape index (κ2) is 8.08. The van der Waals surface area contributed by atoms with Crippen molar-refractivity contribution in [3.63, 3.8) is 0 Å². The summed E-state index contributed by atoms with van der Waals surface area (Å²) in [6.07, 6.45) is 0.592. The minimum atomic E-state index is -0.528. The molecule has 0 aliphatic rings. The Morgan fingerprint density at radius 2 is 1.81 bits per heavy atom. The van der Waals surface area contributed by atoms with Crippen LogP contribution in [0.15, 0.2) is 59.5 Å². The first-order valence-electron chi connectivity index (χ1n) is 6.65. The maximum absolute atomic E-state index is 12.0. The summed E-state index contributed by atoms with van der Waals surface area (Å²) in [5, 5.41) is 3.53. The molecule has 0 aromatic heterocycles. The number of anilines is 1. The van der Waals surface area contributed by atoms with Gasteiger partial charge in [-0.3, -0.25) is 4.79 Å². The molecule has 0 bridgehead atoms. The fraction of sp³-hybridized carbons (Fsp3) is 0.188. The van der Waals surface area contributed by atoms with E-state index in [4.69, 9.17) is 17.3 Å². The number of thioether (sulfide) groups is 1. The van der Waals surface area contributed by atoms with Crippen LogP contribution in [0.3, 0.4) is 0 Å². The first-order valence-corrected chi connectivity index (χ1v) is 8.02. The largest absolute Gasteiger partial charge is 0.325 e. The zero-order chi connectivity index (χ0) is 15.1. The Hall–Kier alpha value is -1.49. The summed E-state index contributed by atoms with van der Waals surface area (Å²) >= 11 is 7.69. The van der Waals surface area contributed by atoms with E-state index < -0.39 is 6.04 Å². The van der Waals surface area contributed by atoms with Crippen LogP contribution in [-0.4, -0.2) is 17.7 Å². The normalized spacial score (nSPS) is 11.9. The Kier molecular flexibility index (Phi) is 6.11. The van der Waals surface area contributed by atoms with Gasteiger partial charge in [-0.15, -0.1) is 11.8 Å². The van der Waals surface area contributed by atoms with Crippen molar-refractivity contribution in [2.75, 3.05) is 11.1 Å². The zero-order valence-electron chi connectivity index (χ0n) is 11.5. The van der Waals surface area contributed by atoms with Crippen LogP contribution in [0.1, 0.15) is 6.42 Å². The average Bonchev–Trinajstić information content (AvgIpc) is 2.50. The molecule has 0 heterocycles. The number of benzene rings is 2. The molecule has 5 heteroatoms. The third-order valence-electron chi connectivity index (χ3n) is 2.90. The number of hydrogen-bond acceptors (Lipinski definition) is 3. The van der Waals surface area contributed by atoms with Gasteiger partial charge in [-0.2, -0.15) is 0 Å². The Morgan fingerprint density at radius 1 is 1.14 bits per heavy atom. The van der Waals surface area contributed by atoms with Crippen molar-refractivity contribution >= 4 is 35.0 Å². The van der Waals surface area contributed by atoms with E-state index in [0.29, 0.717) is 6.42 Å². The number of nitrogens with one attached hydrogen (secondary N) is 1. The number of para-hydroxylation sites is 1. The highest BCUT2D eigenvalue weighted by molar-refractivity contribution is 7.99. The van der Waals surface area contributed by atoms with Gasteiger partial charge < -0.3 is 11.1 Å². The molecule has 2 aromatic rings. The van der Waals surface area contributed by atoms with Crippen LogP contribution in [0.4, 0.5) is 5.69 Å². The predicted octanol–water partition coefficient (Wildman–Crippen LogP) is 3.79. The molecule has 3 nitrogen and oxygen atoms in total. The molecule has 21 heavy (non-hydrogen) atoms. The van der Waals surface area contributed by atoms with Gasteiger partial charge >= 0.3 is 0 Å². The topological polar surface area (TPSA) is 55.1 Å². The van der Waals surface area contributed by atoms with E-state index in [-0.39, 0.29) is 5.91 Å². The number of nitrogens with two attached hydrogens (primary N) is 1. The van der Waals surface area contributed by atoms with Crippen LogP contribution >= 0.6 is 23.4 Å². The quantitative estimate of drug-likeness (QED) is 0.796. The third-order valence-corrected chi connectivity index (χ3v) is 4.45. The highest BCUT2D eigenvalue weighted by Gasteiger charge is 2.13. The van der Waals surface area contributed by atoms with E-state index in [9.17, 15) is 4.79 Å². The number of amides is 1. The Labute approximate surface area is 133 Å². The summed E-state index contributed by atoms with van der Waals surface area (Å²) in [6, 6.07) is 16.4. The first-order chi connectivity index (χ1) is 10.2. The van der Waals surface area contributed by atoms with Gasteiger partial charge in [-0.1, -0.05) is 41.9 Å². The summed E-state index contributed by atoms with van der Waals surface area (Å²) in [6.45, 7) is 0. The number of hydrogen-bond donors (Lipinski definition) is 2. The van der Waals surface area contributed by atoms with Gasteiger partial charge in [0.2, 0.25) is 5.91 Å². The molecule has 0 spiro atoms. The van der Waals surface area contributed by atoms with Crippen molar-refractivity contribution in [3.05, 3.63) is 59.6 Å². The minimum Gasteiger partial charge on any atom is -0.325 e. The summed E-state index contributed by atoms with van der Waals surface area (Å²) < 4.78 is 0. The number of halogens is 1. The van der Waals surface area contributed by atoms with E-state index in [1.54, 1.807) is 11.8 Å². The fourth-order valence-electron chi connectivity index (χ4n) is 1.75. The monoisotopic (exact) mass is 320 g/mol. The van der Waals surface area contributed by atoms with Gasteiger partial charge in [0.15, 0.2) is 0 Å². The van der Waals surface area contributed by atoms with Crippen molar-refractivity contribution in [3.8, 4) is 0 Å². The molecule has 1 unspecified atom stereocenters. The first kappa shape index (κ1) is 15.9. The molecule has 1 amide bonds. The Morgan fingerprint density at radius 3 is 2.52 bits per heavy atom. The lowest BCUT2D eigenvalue weighted by Crippen LogP contribution is -2.36. The second-order valence-electron chi connectivity index (χ2n) is 4.53. The lowest BCUT2D eigenvalue weighted by atomic mass is 10.2. The summed E-state index contributed by atoms with van der Waals surface area (Å²) in [5.74, 6) is 0.577. The van der Waals surface area contributed by atoms with Gasteiger partial charge in [0, 0.05) is 16.3 Å². The lowest BCUT2D eigenvalue weighted by molar-refractivity contribution is -0.117. The molecular weight excluding hydrogens is 304 g/mol. The molecule has 0 radical (unpaired) electrons. The smallest absolute Gasteiger partial charge is 0.241 e. The molecule has 2 rings (SSSR count).